The van der Waals surface area contributed by atoms with Crippen molar-refractivity contribution in [1.29, 1.82) is 0 Å². The number of halogens is 4. The molecule has 0 spiro atoms. The van der Waals surface area contributed by atoms with Crippen LogP contribution in [0.3, 0.4) is 0 Å². The van der Waals surface area contributed by atoms with Gasteiger partial charge in [0.2, 0.25) is 10.0 Å². The normalized spacial score (nSPS) is 18.9. The minimum atomic E-state index is -4.30. The Kier molecular flexibility index (Phi) is 5.32. The summed E-state index contributed by atoms with van der Waals surface area (Å²) in [5.41, 5.74) is -0.0567. The van der Waals surface area contributed by atoms with Crippen LogP contribution in [-0.4, -0.2) is 32.8 Å². The maximum Gasteiger partial charge on any atom is 0.389 e. The first-order valence-electron chi connectivity index (χ1n) is 5.78. The van der Waals surface area contributed by atoms with Gasteiger partial charge in [-0.15, -0.1) is 11.6 Å². The fourth-order valence-corrected chi connectivity index (χ4v) is 3.29. The van der Waals surface area contributed by atoms with Crippen LogP contribution in [0.15, 0.2) is 0 Å². The predicted molar refractivity (Wildman–Crippen MR) is 64.1 cm³/mol. The Hall–Kier alpha value is -0.0100. The van der Waals surface area contributed by atoms with Gasteiger partial charge in [0.05, 0.1) is 5.75 Å². The van der Waals surface area contributed by atoms with Crippen molar-refractivity contribution >= 4 is 21.6 Å². The number of hydrogen-bond acceptors (Lipinski definition) is 2. The van der Waals surface area contributed by atoms with Crippen LogP contribution in [0.5, 0.6) is 0 Å². The van der Waals surface area contributed by atoms with Crippen molar-refractivity contribution in [3.8, 4) is 0 Å². The summed E-state index contributed by atoms with van der Waals surface area (Å²) >= 11 is 5.61. The maximum absolute atomic E-state index is 11.9. The van der Waals surface area contributed by atoms with Crippen LogP contribution < -0.4 is 4.72 Å². The van der Waals surface area contributed by atoms with Gasteiger partial charge in [-0.05, 0) is 31.1 Å². The molecule has 108 valence electrons. The van der Waals surface area contributed by atoms with E-state index in [4.69, 9.17) is 11.6 Å². The number of hydrogen-bond donors (Lipinski definition) is 1. The third kappa shape index (κ3) is 6.24. The average molecular weight is 308 g/mol. The van der Waals surface area contributed by atoms with Crippen LogP contribution in [0, 0.1) is 5.41 Å². The molecule has 0 bridgehead atoms. The van der Waals surface area contributed by atoms with Crippen molar-refractivity contribution in [2.45, 2.75) is 38.3 Å². The summed E-state index contributed by atoms with van der Waals surface area (Å²) in [7, 11) is -3.61. The highest BCUT2D eigenvalue weighted by atomic mass is 35.5. The summed E-state index contributed by atoms with van der Waals surface area (Å²) in [6, 6.07) is 0. The molecule has 3 nitrogen and oxygen atoms in total. The molecule has 1 fully saturated rings. The molecule has 0 heterocycles. The Morgan fingerprint density at radius 2 is 1.89 bits per heavy atom. The van der Waals surface area contributed by atoms with Crippen molar-refractivity contribution in [1.82, 2.24) is 4.72 Å². The highest BCUT2D eigenvalue weighted by molar-refractivity contribution is 7.89. The van der Waals surface area contributed by atoms with Gasteiger partial charge >= 0.3 is 6.18 Å². The monoisotopic (exact) mass is 307 g/mol. The SMILES string of the molecule is O=S(=O)(CCCC(F)(F)F)NCC1(CCCl)CC1. The van der Waals surface area contributed by atoms with E-state index in [9.17, 15) is 21.6 Å². The molecule has 0 radical (unpaired) electrons. The fraction of sp³-hybridized carbons (Fsp3) is 1.00. The lowest BCUT2D eigenvalue weighted by Crippen LogP contribution is -2.32. The Morgan fingerprint density at radius 3 is 2.33 bits per heavy atom. The number of rotatable bonds is 8. The molecule has 0 aromatic rings. The molecule has 0 saturated heterocycles. The average Bonchev–Trinajstić information content (AvgIpc) is 2.94. The van der Waals surface area contributed by atoms with Gasteiger partial charge in [0.1, 0.15) is 0 Å². The van der Waals surface area contributed by atoms with Gasteiger partial charge in [0.15, 0.2) is 0 Å². The van der Waals surface area contributed by atoms with E-state index in [0.717, 1.165) is 19.3 Å². The number of sulfonamides is 1. The minimum absolute atomic E-state index is 0.0567. The molecule has 1 aliphatic carbocycles. The lowest BCUT2D eigenvalue weighted by molar-refractivity contribution is -0.134. The van der Waals surface area contributed by atoms with E-state index in [2.05, 4.69) is 4.72 Å². The second-order valence-corrected chi connectivity index (χ2v) is 7.10. The van der Waals surface area contributed by atoms with Crippen molar-refractivity contribution < 1.29 is 21.6 Å². The predicted octanol–water partition coefficient (Wildman–Crippen LogP) is 2.66. The van der Waals surface area contributed by atoms with E-state index in [1.165, 1.54) is 0 Å². The summed E-state index contributed by atoms with van der Waals surface area (Å²) in [5, 5.41) is 0. The van der Waals surface area contributed by atoms with Crippen LogP contribution in [0.4, 0.5) is 13.2 Å². The summed E-state index contributed by atoms with van der Waals surface area (Å²) in [5.74, 6) is -0.0146. The molecular weight excluding hydrogens is 291 g/mol. The molecule has 18 heavy (non-hydrogen) atoms. The number of nitrogens with one attached hydrogen (secondary N) is 1. The molecule has 1 aliphatic rings. The zero-order valence-electron chi connectivity index (χ0n) is 9.89. The fourth-order valence-electron chi connectivity index (χ4n) is 1.69. The van der Waals surface area contributed by atoms with E-state index in [1.54, 1.807) is 0 Å². The van der Waals surface area contributed by atoms with Crippen LogP contribution >= 0.6 is 11.6 Å². The largest absolute Gasteiger partial charge is 0.389 e. The molecular formula is C10H17ClF3NO2S. The molecule has 0 aliphatic heterocycles. The zero-order chi connectivity index (χ0) is 13.9. The van der Waals surface area contributed by atoms with Crippen LogP contribution in [0.1, 0.15) is 32.1 Å². The van der Waals surface area contributed by atoms with Gasteiger partial charge < -0.3 is 0 Å². The van der Waals surface area contributed by atoms with Crippen LogP contribution in [-0.2, 0) is 10.0 Å². The van der Waals surface area contributed by atoms with Gasteiger partial charge in [-0.1, -0.05) is 0 Å². The van der Waals surface area contributed by atoms with E-state index in [1.807, 2.05) is 0 Å². The Labute approximate surface area is 110 Å². The van der Waals surface area contributed by atoms with E-state index < -0.39 is 34.8 Å². The third-order valence-corrected chi connectivity index (χ3v) is 4.72. The summed E-state index contributed by atoms with van der Waals surface area (Å²) in [6.07, 6.45) is -3.19. The molecule has 0 aromatic heterocycles. The summed E-state index contributed by atoms with van der Waals surface area (Å²) in [6.45, 7) is 0.286. The van der Waals surface area contributed by atoms with Gasteiger partial charge in [0.25, 0.3) is 0 Å². The van der Waals surface area contributed by atoms with Gasteiger partial charge in [0, 0.05) is 18.8 Å². The molecule has 0 unspecified atom stereocenters. The lowest BCUT2D eigenvalue weighted by atomic mass is 10.1. The smallest absolute Gasteiger partial charge is 0.215 e. The van der Waals surface area contributed by atoms with Gasteiger partial charge in [-0.3, -0.25) is 0 Å². The quantitative estimate of drug-likeness (QED) is 0.701. The standard InChI is InChI=1S/C10H17ClF3NO2S/c11-6-5-9(3-4-9)8-15-18(16,17)7-1-2-10(12,13)14/h15H,1-8H2. The summed E-state index contributed by atoms with van der Waals surface area (Å²) < 4.78 is 61.0. The van der Waals surface area contributed by atoms with E-state index >= 15 is 0 Å². The minimum Gasteiger partial charge on any atom is -0.215 e. The van der Waals surface area contributed by atoms with Crippen molar-refractivity contribution in [3.05, 3.63) is 0 Å². The third-order valence-electron chi connectivity index (χ3n) is 3.12. The Balaban J connectivity index is 2.28. The Morgan fingerprint density at radius 1 is 1.28 bits per heavy atom. The van der Waals surface area contributed by atoms with Gasteiger partial charge in [-0.2, -0.15) is 13.2 Å². The van der Waals surface area contributed by atoms with Gasteiger partial charge in [-0.25, -0.2) is 13.1 Å². The first-order valence-corrected chi connectivity index (χ1v) is 7.97. The molecule has 0 atom stereocenters. The zero-order valence-corrected chi connectivity index (χ0v) is 11.5. The van der Waals surface area contributed by atoms with Crippen molar-refractivity contribution in [3.63, 3.8) is 0 Å². The van der Waals surface area contributed by atoms with E-state index in [-0.39, 0.29) is 12.0 Å². The first kappa shape index (κ1) is 16.0. The van der Waals surface area contributed by atoms with Crippen LogP contribution in [0.25, 0.3) is 0 Å². The first-order chi connectivity index (χ1) is 8.18. The molecule has 0 aromatic carbocycles. The molecule has 1 saturated carbocycles. The highest BCUT2D eigenvalue weighted by Gasteiger charge is 2.42. The second-order valence-electron chi connectivity index (χ2n) is 4.80. The molecule has 0 amide bonds. The van der Waals surface area contributed by atoms with Crippen molar-refractivity contribution in [2.24, 2.45) is 5.41 Å². The van der Waals surface area contributed by atoms with Crippen molar-refractivity contribution in [2.75, 3.05) is 18.2 Å². The Bertz CT molecular complexity index is 366. The van der Waals surface area contributed by atoms with Crippen LogP contribution in [0.2, 0.25) is 0 Å². The molecule has 1 N–H and O–H groups in total. The molecule has 1 rings (SSSR count). The van der Waals surface area contributed by atoms with E-state index in [0.29, 0.717) is 5.88 Å². The summed E-state index contributed by atoms with van der Waals surface area (Å²) in [4.78, 5) is 0. The second kappa shape index (κ2) is 5.96. The number of alkyl halides is 4. The lowest BCUT2D eigenvalue weighted by Gasteiger charge is -2.14. The highest BCUT2D eigenvalue weighted by Crippen LogP contribution is 2.48. The maximum atomic E-state index is 11.9. The topological polar surface area (TPSA) is 46.2 Å². The molecule has 8 heteroatoms.